The lowest BCUT2D eigenvalue weighted by molar-refractivity contribution is 0.321. The van der Waals surface area contributed by atoms with E-state index >= 15 is 0 Å². The molecule has 0 saturated heterocycles. The van der Waals surface area contributed by atoms with Gasteiger partial charge in [-0.25, -0.2) is 0 Å². The molecule has 0 bridgehead atoms. The summed E-state index contributed by atoms with van der Waals surface area (Å²) in [5, 5.41) is 3.66. The van der Waals surface area contributed by atoms with Crippen molar-refractivity contribution in [2.45, 2.75) is 52.0 Å². The van der Waals surface area contributed by atoms with Crippen molar-refractivity contribution in [2.24, 2.45) is 5.92 Å². The Morgan fingerprint density at radius 2 is 2.12 bits per heavy atom. The second-order valence-corrected chi connectivity index (χ2v) is 6.32. The van der Waals surface area contributed by atoms with Gasteiger partial charge in [0.25, 0.3) is 0 Å². The van der Waals surface area contributed by atoms with E-state index in [2.05, 4.69) is 31.3 Å². The Morgan fingerprint density at radius 1 is 1.38 bits per heavy atom. The first kappa shape index (κ1) is 12.1. The molecule has 1 aromatic rings. The zero-order chi connectivity index (χ0) is 11.4. The standard InChI is InChI=1S/C14H23NS/c1-3-13-7-8-14(16-13)9-11(2)10-15-12-5-4-6-12/h7-8,11-12,15H,3-6,9-10H2,1-2H3. The molecule has 0 radical (unpaired) electrons. The molecule has 1 aliphatic carbocycles. The molecule has 2 heteroatoms. The monoisotopic (exact) mass is 237 g/mol. The van der Waals surface area contributed by atoms with Crippen molar-refractivity contribution in [2.75, 3.05) is 6.54 Å². The number of hydrogen-bond donors (Lipinski definition) is 1. The van der Waals surface area contributed by atoms with Crippen molar-refractivity contribution < 1.29 is 0 Å². The molecule has 1 nitrogen and oxygen atoms in total. The molecule has 0 spiro atoms. The topological polar surface area (TPSA) is 12.0 Å². The average Bonchev–Trinajstić information content (AvgIpc) is 2.63. The maximum Gasteiger partial charge on any atom is 0.00671 e. The van der Waals surface area contributed by atoms with Gasteiger partial charge in [-0.2, -0.15) is 0 Å². The summed E-state index contributed by atoms with van der Waals surface area (Å²) in [6, 6.07) is 5.42. The number of rotatable bonds is 6. The van der Waals surface area contributed by atoms with E-state index in [1.54, 1.807) is 4.88 Å². The highest BCUT2D eigenvalue weighted by Gasteiger charge is 2.17. The zero-order valence-electron chi connectivity index (χ0n) is 10.5. The van der Waals surface area contributed by atoms with Crippen LogP contribution in [-0.2, 0) is 12.8 Å². The minimum Gasteiger partial charge on any atom is -0.314 e. The smallest absolute Gasteiger partial charge is 0.00671 e. The van der Waals surface area contributed by atoms with Gasteiger partial charge in [-0.05, 0) is 50.3 Å². The van der Waals surface area contributed by atoms with Gasteiger partial charge in [-0.3, -0.25) is 0 Å². The largest absolute Gasteiger partial charge is 0.314 e. The molecule has 1 unspecified atom stereocenters. The van der Waals surface area contributed by atoms with Gasteiger partial charge in [-0.1, -0.05) is 20.3 Å². The molecule has 0 aliphatic heterocycles. The highest BCUT2D eigenvalue weighted by atomic mass is 32.1. The fourth-order valence-electron chi connectivity index (χ4n) is 2.12. The maximum atomic E-state index is 3.66. The normalized spacial score (nSPS) is 18.4. The first-order valence-electron chi connectivity index (χ1n) is 6.59. The predicted molar refractivity (Wildman–Crippen MR) is 72.2 cm³/mol. The van der Waals surface area contributed by atoms with Crippen molar-refractivity contribution in [1.82, 2.24) is 5.32 Å². The lowest BCUT2D eigenvalue weighted by Gasteiger charge is -2.28. The van der Waals surface area contributed by atoms with Crippen molar-refractivity contribution in [3.8, 4) is 0 Å². The van der Waals surface area contributed by atoms with Crippen LogP contribution in [0.3, 0.4) is 0 Å². The van der Waals surface area contributed by atoms with E-state index in [4.69, 9.17) is 0 Å². The van der Waals surface area contributed by atoms with Crippen LogP contribution in [-0.4, -0.2) is 12.6 Å². The molecule has 0 aromatic carbocycles. The van der Waals surface area contributed by atoms with E-state index in [0.717, 1.165) is 12.0 Å². The van der Waals surface area contributed by atoms with Crippen LogP contribution in [0.1, 0.15) is 42.9 Å². The van der Waals surface area contributed by atoms with Crippen LogP contribution in [0, 0.1) is 5.92 Å². The summed E-state index contributed by atoms with van der Waals surface area (Å²) in [5.41, 5.74) is 0. The average molecular weight is 237 g/mol. The Balaban J connectivity index is 1.70. The summed E-state index contributed by atoms with van der Waals surface area (Å²) in [7, 11) is 0. The van der Waals surface area contributed by atoms with Crippen LogP contribution in [0.25, 0.3) is 0 Å². The summed E-state index contributed by atoms with van der Waals surface area (Å²) in [6.07, 6.45) is 6.64. The van der Waals surface area contributed by atoms with Crippen LogP contribution >= 0.6 is 11.3 Å². The van der Waals surface area contributed by atoms with Gasteiger partial charge in [0.1, 0.15) is 0 Å². The van der Waals surface area contributed by atoms with Gasteiger partial charge in [0.15, 0.2) is 0 Å². The SMILES string of the molecule is CCc1ccc(CC(C)CNC2CCC2)s1. The lowest BCUT2D eigenvalue weighted by Crippen LogP contribution is -2.37. The number of hydrogen-bond acceptors (Lipinski definition) is 2. The molecule has 1 aromatic heterocycles. The van der Waals surface area contributed by atoms with E-state index in [1.807, 2.05) is 11.3 Å². The molecule has 1 N–H and O–H groups in total. The third kappa shape index (κ3) is 3.33. The van der Waals surface area contributed by atoms with Gasteiger partial charge >= 0.3 is 0 Å². The van der Waals surface area contributed by atoms with Crippen molar-refractivity contribution in [3.05, 3.63) is 21.9 Å². The third-order valence-corrected chi connectivity index (χ3v) is 4.73. The van der Waals surface area contributed by atoms with Crippen molar-refractivity contribution in [3.63, 3.8) is 0 Å². The molecule has 1 saturated carbocycles. The quantitative estimate of drug-likeness (QED) is 0.796. The molecule has 1 aliphatic rings. The molecule has 2 rings (SSSR count). The first-order valence-corrected chi connectivity index (χ1v) is 7.40. The Morgan fingerprint density at radius 3 is 2.69 bits per heavy atom. The summed E-state index contributed by atoms with van der Waals surface area (Å²) in [6.45, 7) is 5.78. The Labute approximate surface area is 103 Å². The summed E-state index contributed by atoms with van der Waals surface area (Å²) >= 11 is 1.99. The highest BCUT2D eigenvalue weighted by molar-refractivity contribution is 7.11. The fraction of sp³-hybridized carbons (Fsp3) is 0.714. The molecule has 90 valence electrons. The molecular weight excluding hydrogens is 214 g/mol. The summed E-state index contributed by atoms with van der Waals surface area (Å²) in [5.74, 6) is 0.768. The zero-order valence-corrected chi connectivity index (χ0v) is 11.3. The molecular formula is C14H23NS. The highest BCUT2D eigenvalue weighted by Crippen LogP contribution is 2.21. The van der Waals surface area contributed by atoms with Gasteiger partial charge in [-0.15, -0.1) is 11.3 Å². The lowest BCUT2D eigenvalue weighted by atomic mass is 9.92. The predicted octanol–water partition coefficient (Wildman–Crippen LogP) is 3.63. The van der Waals surface area contributed by atoms with Crippen LogP contribution in [0.2, 0.25) is 0 Å². The van der Waals surface area contributed by atoms with Crippen LogP contribution in [0.5, 0.6) is 0 Å². The van der Waals surface area contributed by atoms with E-state index in [-0.39, 0.29) is 0 Å². The van der Waals surface area contributed by atoms with Crippen molar-refractivity contribution >= 4 is 11.3 Å². The second-order valence-electron chi connectivity index (χ2n) is 5.07. The van der Waals surface area contributed by atoms with Crippen molar-refractivity contribution in [1.29, 1.82) is 0 Å². The van der Waals surface area contributed by atoms with E-state index in [0.29, 0.717) is 0 Å². The molecule has 1 heterocycles. The number of aryl methyl sites for hydroxylation is 1. The maximum absolute atomic E-state index is 3.66. The Bertz CT molecular complexity index is 314. The number of nitrogens with one attached hydrogen (secondary N) is 1. The minimum atomic E-state index is 0.768. The molecule has 1 atom stereocenters. The third-order valence-electron chi connectivity index (χ3n) is 3.48. The van der Waals surface area contributed by atoms with E-state index in [9.17, 15) is 0 Å². The molecule has 1 fully saturated rings. The van der Waals surface area contributed by atoms with E-state index in [1.165, 1.54) is 43.5 Å². The van der Waals surface area contributed by atoms with Gasteiger partial charge in [0, 0.05) is 15.8 Å². The first-order chi connectivity index (χ1) is 7.78. The van der Waals surface area contributed by atoms with Gasteiger partial charge in [0.2, 0.25) is 0 Å². The Kier molecular flexibility index (Phi) is 4.42. The summed E-state index contributed by atoms with van der Waals surface area (Å²) in [4.78, 5) is 3.08. The van der Waals surface area contributed by atoms with Crippen LogP contribution in [0.15, 0.2) is 12.1 Å². The van der Waals surface area contributed by atoms with Crippen LogP contribution in [0.4, 0.5) is 0 Å². The van der Waals surface area contributed by atoms with Gasteiger partial charge < -0.3 is 5.32 Å². The second kappa shape index (κ2) is 5.83. The Hall–Kier alpha value is -0.340. The minimum absolute atomic E-state index is 0.768. The molecule has 0 amide bonds. The number of thiophene rings is 1. The van der Waals surface area contributed by atoms with Crippen LogP contribution < -0.4 is 5.32 Å². The molecule has 16 heavy (non-hydrogen) atoms. The fourth-order valence-corrected chi connectivity index (χ4v) is 3.24. The van der Waals surface area contributed by atoms with Gasteiger partial charge in [0.05, 0.1) is 0 Å². The summed E-state index contributed by atoms with van der Waals surface area (Å²) < 4.78 is 0. The van der Waals surface area contributed by atoms with E-state index < -0.39 is 0 Å².